The largest absolute Gasteiger partial charge is 0.352 e. The van der Waals surface area contributed by atoms with Gasteiger partial charge in [-0.25, -0.2) is 0 Å². The van der Waals surface area contributed by atoms with Crippen molar-refractivity contribution < 1.29 is 4.79 Å². The lowest BCUT2D eigenvalue weighted by Crippen LogP contribution is -2.22. The Morgan fingerprint density at radius 2 is 1.86 bits per heavy atom. The van der Waals surface area contributed by atoms with Gasteiger partial charge in [-0.2, -0.15) is 5.26 Å². The van der Waals surface area contributed by atoms with Gasteiger partial charge in [-0.15, -0.1) is 0 Å². The molecular weight excluding hydrogens is 260 g/mol. The minimum absolute atomic E-state index is 0.103. The van der Waals surface area contributed by atoms with Crippen LogP contribution in [0.2, 0.25) is 0 Å². The van der Waals surface area contributed by atoms with Crippen molar-refractivity contribution >= 4 is 5.91 Å². The summed E-state index contributed by atoms with van der Waals surface area (Å²) in [5, 5.41) is 11.7. The molecule has 21 heavy (non-hydrogen) atoms. The first kappa shape index (κ1) is 17.2. The van der Waals surface area contributed by atoms with Crippen molar-refractivity contribution in [3.63, 3.8) is 0 Å². The van der Waals surface area contributed by atoms with Gasteiger partial charge in [-0.3, -0.25) is 4.79 Å². The molecule has 0 unspecified atom stereocenters. The minimum Gasteiger partial charge on any atom is -0.352 e. The van der Waals surface area contributed by atoms with E-state index in [1.807, 2.05) is 18.2 Å². The number of nitrogens with one attached hydrogen (secondary N) is 1. The fourth-order valence-corrected chi connectivity index (χ4v) is 2.28. The van der Waals surface area contributed by atoms with E-state index in [-0.39, 0.29) is 5.91 Å². The molecule has 1 aromatic rings. The summed E-state index contributed by atoms with van der Waals surface area (Å²) in [5.74, 6) is 0.103. The smallest absolute Gasteiger partial charge is 0.220 e. The number of rotatable bonds is 10. The predicted octanol–water partition coefficient (Wildman–Crippen LogP) is 4.32. The summed E-state index contributed by atoms with van der Waals surface area (Å²) in [4.78, 5) is 11.7. The molecule has 0 saturated heterocycles. The summed E-state index contributed by atoms with van der Waals surface area (Å²) in [7, 11) is 0. The average Bonchev–Trinajstić information content (AvgIpc) is 2.52. The summed E-state index contributed by atoms with van der Waals surface area (Å²) < 4.78 is 0. The van der Waals surface area contributed by atoms with Crippen LogP contribution >= 0.6 is 0 Å². The van der Waals surface area contributed by atoms with Crippen LogP contribution in [0.1, 0.15) is 69.4 Å². The number of unbranched alkanes of at least 4 members (excludes halogenated alkanes) is 6. The third-order valence-electron chi connectivity index (χ3n) is 3.55. The molecule has 0 aliphatic rings. The highest BCUT2D eigenvalue weighted by atomic mass is 16.1. The Kier molecular flexibility index (Phi) is 8.95. The van der Waals surface area contributed by atoms with Crippen LogP contribution in [0, 0.1) is 11.3 Å². The van der Waals surface area contributed by atoms with Crippen molar-refractivity contribution in [2.75, 3.05) is 0 Å². The van der Waals surface area contributed by atoms with Crippen LogP contribution in [0.4, 0.5) is 0 Å². The number of nitrogens with zero attached hydrogens (tertiary/aromatic N) is 1. The maximum Gasteiger partial charge on any atom is 0.220 e. The third kappa shape index (κ3) is 8.14. The van der Waals surface area contributed by atoms with Crippen LogP contribution in [-0.4, -0.2) is 5.91 Å². The molecule has 0 saturated carbocycles. The Balaban J connectivity index is 2.10. The van der Waals surface area contributed by atoms with Crippen LogP contribution in [0.25, 0.3) is 0 Å². The fraction of sp³-hybridized carbons (Fsp3) is 0.556. The van der Waals surface area contributed by atoms with Crippen LogP contribution in [0.5, 0.6) is 0 Å². The molecule has 114 valence electrons. The number of carbonyl (C=O) groups is 1. The second kappa shape index (κ2) is 10.9. The molecule has 0 atom stereocenters. The number of amides is 1. The van der Waals surface area contributed by atoms with Crippen LogP contribution in [0.15, 0.2) is 24.3 Å². The van der Waals surface area contributed by atoms with Gasteiger partial charge in [0.05, 0.1) is 11.6 Å². The standard InChI is InChI=1S/C18H26N2O/c1-2-3-4-5-6-7-8-12-18(21)20-15-17-11-9-10-16(13-17)14-19/h9-11,13H,2-8,12,15H2,1H3,(H,20,21). The van der Waals surface area contributed by atoms with Gasteiger partial charge < -0.3 is 5.32 Å². The van der Waals surface area contributed by atoms with E-state index in [9.17, 15) is 4.79 Å². The Hall–Kier alpha value is -1.82. The van der Waals surface area contributed by atoms with Crippen LogP contribution in [0.3, 0.4) is 0 Å². The molecule has 3 nitrogen and oxygen atoms in total. The van der Waals surface area contributed by atoms with E-state index in [0.29, 0.717) is 18.5 Å². The number of hydrogen-bond acceptors (Lipinski definition) is 2. The summed E-state index contributed by atoms with van der Waals surface area (Å²) in [6.07, 6.45) is 9.15. The summed E-state index contributed by atoms with van der Waals surface area (Å²) >= 11 is 0. The summed E-state index contributed by atoms with van der Waals surface area (Å²) in [5.41, 5.74) is 1.61. The topological polar surface area (TPSA) is 52.9 Å². The molecule has 1 amide bonds. The third-order valence-corrected chi connectivity index (χ3v) is 3.55. The van der Waals surface area contributed by atoms with E-state index in [2.05, 4.69) is 18.3 Å². The van der Waals surface area contributed by atoms with Crippen molar-refractivity contribution in [1.82, 2.24) is 5.32 Å². The first-order valence-electron chi connectivity index (χ1n) is 8.02. The maximum absolute atomic E-state index is 11.7. The predicted molar refractivity (Wildman–Crippen MR) is 85.6 cm³/mol. The Morgan fingerprint density at radius 1 is 1.14 bits per heavy atom. The van der Waals surface area contributed by atoms with E-state index in [1.165, 1.54) is 32.1 Å². The number of nitriles is 1. The van der Waals surface area contributed by atoms with E-state index in [1.54, 1.807) is 6.07 Å². The summed E-state index contributed by atoms with van der Waals surface area (Å²) in [6, 6.07) is 9.46. The molecule has 0 aromatic heterocycles. The van der Waals surface area contributed by atoms with Crippen molar-refractivity contribution in [1.29, 1.82) is 5.26 Å². The van der Waals surface area contributed by atoms with Gasteiger partial charge in [-0.1, -0.05) is 57.6 Å². The number of carbonyl (C=O) groups excluding carboxylic acids is 1. The van der Waals surface area contributed by atoms with Crippen molar-refractivity contribution in [3.8, 4) is 6.07 Å². The molecule has 0 bridgehead atoms. The van der Waals surface area contributed by atoms with Gasteiger partial charge in [0.15, 0.2) is 0 Å². The lowest BCUT2D eigenvalue weighted by atomic mass is 10.1. The molecule has 0 spiro atoms. The average molecular weight is 286 g/mol. The maximum atomic E-state index is 11.7. The second-order valence-corrected chi connectivity index (χ2v) is 5.46. The SMILES string of the molecule is CCCCCCCCCC(=O)NCc1cccc(C#N)c1. The zero-order chi connectivity index (χ0) is 15.3. The van der Waals surface area contributed by atoms with Crippen molar-refractivity contribution in [2.45, 2.75) is 64.8 Å². The molecule has 3 heteroatoms. The van der Waals surface area contributed by atoms with Gasteiger partial charge in [0, 0.05) is 13.0 Å². The Morgan fingerprint density at radius 3 is 2.57 bits per heavy atom. The lowest BCUT2D eigenvalue weighted by Gasteiger charge is -2.06. The quantitative estimate of drug-likeness (QED) is 0.651. The minimum atomic E-state index is 0.103. The van der Waals surface area contributed by atoms with E-state index < -0.39 is 0 Å². The van der Waals surface area contributed by atoms with Gasteiger partial charge in [0.1, 0.15) is 0 Å². The van der Waals surface area contributed by atoms with Crippen LogP contribution < -0.4 is 5.32 Å². The second-order valence-electron chi connectivity index (χ2n) is 5.46. The zero-order valence-electron chi connectivity index (χ0n) is 13.0. The lowest BCUT2D eigenvalue weighted by molar-refractivity contribution is -0.121. The van der Waals surface area contributed by atoms with Gasteiger partial charge in [-0.05, 0) is 24.1 Å². The highest BCUT2D eigenvalue weighted by Crippen LogP contribution is 2.08. The van der Waals surface area contributed by atoms with E-state index in [0.717, 1.165) is 18.4 Å². The molecule has 0 heterocycles. The highest BCUT2D eigenvalue weighted by Gasteiger charge is 2.02. The van der Waals surface area contributed by atoms with Gasteiger partial charge in [0.2, 0.25) is 5.91 Å². The summed E-state index contributed by atoms with van der Waals surface area (Å²) in [6.45, 7) is 2.72. The highest BCUT2D eigenvalue weighted by molar-refractivity contribution is 5.75. The first-order valence-corrected chi connectivity index (χ1v) is 8.02. The van der Waals surface area contributed by atoms with Crippen molar-refractivity contribution in [2.24, 2.45) is 0 Å². The fourth-order valence-electron chi connectivity index (χ4n) is 2.28. The van der Waals surface area contributed by atoms with Crippen molar-refractivity contribution in [3.05, 3.63) is 35.4 Å². The first-order chi connectivity index (χ1) is 10.3. The molecule has 0 aliphatic heterocycles. The molecule has 1 N–H and O–H groups in total. The van der Waals surface area contributed by atoms with Gasteiger partial charge >= 0.3 is 0 Å². The number of hydrogen-bond donors (Lipinski definition) is 1. The molecular formula is C18H26N2O. The molecule has 1 aromatic carbocycles. The Bertz CT molecular complexity index is 463. The van der Waals surface area contributed by atoms with Crippen LogP contribution in [-0.2, 0) is 11.3 Å². The Labute approximate surface area is 128 Å². The normalized spacial score (nSPS) is 10.1. The van der Waals surface area contributed by atoms with Gasteiger partial charge in [0.25, 0.3) is 0 Å². The monoisotopic (exact) mass is 286 g/mol. The molecule has 0 fully saturated rings. The molecule has 0 aliphatic carbocycles. The molecule has 1 rings (SSSR count). The number of benzene rings is 1. The molecule has 0 radical (unpaired) electrons. The zero-order valence-corrected chi connectivity index (χ0v) is 13.0. The van der Waals surface area contributed by atoms with E-state index >= 15 is 0 Å². The van der Waals surface area contributed by atoms with E-state index in [4.69, 9.17) is 5.26 Å².